The van der Waals surface area contributed by atoms with Crippen molar-refractivity contribution in [3.05, 3.63) is 34.3 Å². The molecule has 0 bridgehead atoms. The van der Waals surface area contributed by atoms with E-state index in [0.717, 1.165) is 33.7 Å². The number of aryl methyl sites for hydroxylation is 2. The number of ether oxygens (including phenoxy) is 1. The molecule has 88 valence electrons. The van der Waals surface area contributed by atoms with Crippen molar-refractivity contribution in [1.82, 2.24) is 4.98 Å². The molecule has 0 radical (unpaired) electrons. The SMILES string of the molecule is COc1c(C)cc(-c2nc(C=O)cs2)cc1C. The van der Waals surface area contributed by atoms with Gasteiger partial charge in [-0.1, -0.05) is 0 Å². The molecule has 1 heterocycles. The van der Waals surface area contributed by atoms with Crippen molar-refractivity contribution in [2.24, 2.45) is 0 Å². The number of hydrogen-bond donors (Lipinski definition) is 0. The molecule has 0 aliphatic rings. The van der Waals surface area contributed by atoms with Crippen LogP contribution in [0.3, 0.4) is 0 Å². The average Bonchev–Trinajstić information content (AvgIpc) is 2.77. The normalized spacial score (nSPS) is 10.3. The minimum absolute atomic E-state index is 0.483. The van der Waals surface area contributed by atoms with Crippen LogP contribution in [0.15, 0.2) is 17.5 Å². The van der Waals surface area contributed by atoms with Gasteiger partial charge in [-0.15, -0.1) is 11.3 Å². The van der Waals surface area contributed by atoms with E-state index < -0.39 is 0 Å². The van der Waals surface area contributed by atoms with E-state index in [2.05, 4.69) is 4.98 Å². The van der Waals surface area contributed by atoms with Gasteiger partial charge >= 0.3 is 0 Å². The number of carbonyl (C=O) groups excluding carboxylic acids is 1. The molecule has 2 aromatic rings. The number of methoxy groups -OCH3 is 1. The molecule has 0 unspecified atom stereocenters. The number of aldehydes is 1. The zero-order valence-electron chi connectivity index (χ0n) is 9.98. The molecule has 0 fully saturated rings. The molecular weight excluding hydrogens is 234 g/mol. The predicted molar refractivity (Wildman–Crippen MR) is 69.0 cm³/mol. The van der Waals surface area contributed by atoms with Gasteiger partial charge in [-0.05, 0) is 37.1 Å². The van der Waals surface area contributed by atoms with Crippen LogP contribution in [0, 0.1) is 13.8 Å². The van der Waals surface area contributed by atoms with Gasteiger partial charge in [0, 0.05) is 10.9 Å². The Bertz CT molecular complexity index is 537. The number of aromatic nitrogens is 1. The van der Waals surface area contributed by atoms with Crippen molar-refractivity contribution in [2.45, 2.75) is 13.8 Å². The van der Waals surface area contributed by atoms with Crippen LogP contribution in [-0.2, 0) is 0 Å². The van der Waals surface area contributed by atoms with Crippen LogP contribution < -0.4 is 4.74 Å². The molecule has 1 aromatic carbocycles. The molecule has 2 rings (SSSR count). The number of benzene rings is 1. The third-order valence-corrected chi connectivity index (χ3v) is 3.46. The number of hydrogen-bond acceptors (Lipinski definition) is 4. The number of thiazole rings is 1. The molecule has 0 N–H and O–H groups in total. The van der Waals surface area contributed by atoms with Gasteiger partial charge in [0.1, 0.15) is 16.5 Å². The highest BCUT2D eigenvalue weighted by Crippen LogP contribution is 2.31. The van der Waals surface area contributed by atoms with Crippen LogP contribution in [0.5, 0.6) is 5.75 Å². The van der Waals surface area contributed by atoms with E-state index in [1.54, 1.807) is 12.5 Å². The second kappa shape index (κ2) is 4.67. The standard InChI is InChI=1S/C13H13NO2S/c1-8-4-10(5-9(2)12(8)16-3)13-14-11(6-15)7-17-13/h4-7H,1-3H3. The molecule has 0 atom stereocenters. The van der Waals surface area contributed by atoms with Crippen molar-refractivity contribution >= 4 is 17.6 Å². The quantitative estimate of drug-likeness (QED) is 0.781. The summed E-state index contributed by atoms with van der Waals surface area (Å²) < 4.78 is 5.32. The monoisotopic (exact) mass is 247 g/mol. The summed E-state index contributed by atoms with van der Waals surface area (Å²) in [4.78, 5) is 14.9. The molecule has 0 saturated carbocycles. The topological polar surface area (TPSA) is 39.2 Å². The third kappa shape index (κ3) is 2.22. The van der Waals surface area contributed by atoms with Crippen LogP contribution in [0.4, 0.5) is 0 Å². The van der Waals surface area contributed by atoms with Crippen molar-refractivity contribution < 1.29 is 9.53 Å². The minimum atomic E-state index is 0.483. The molecule has 1 aromatic heterocycles. The Morgan fingerprint density at radius 1 is 1.29 bits per heavy atom. The number of nitrogens with zero attached hydrogens (tertiary/aromatic N) is 1. The van der Waals surface area contributed by atoms with Gasteiger partial charge in [0.15, 0.2) is 6.29 Å². The molecule has 17 heavy (non-hydrogen) atoms. The van der Waals surface area contributed by atoms with E-state index in [4.69, 9.17) is 4.74 Å². The maximum Gasteiger partial charge on any atom is 0.169 e. The Hall–Kier alpha value is -1.68. The van der Waals surface area contributed by atoms with Crippen LogP contribution in [-0.4, -0.2) is 18.4 Å². The smallest absolute Gasteiger partial charge is 0.169 e. The van der Waals surface area contributed by atoms with E-state index in [0.29, 0.717) is 5.69 Å². The summed E-state index contributed by atoms with van der Waals surface area (Å²) in [6.07, 6.45) is 0.767. The van der Waals surface area contributed by atoms with Gasteiger partial charge in [0.05, 0.1) is 7.11 Å². The predicted octanol–water partition coefficient (Wildman–Crippen LogP) is 3.25. The van der Waals surface area contributed by atoms with Crippen LogP contribution in [0.1, 0.15) is 21.6 Å². The fourth-order valence-corrected chi connectivity index (χ4v) is 2.62. The molecule has 0 saturated heterocycles. The van der Waals surface area contributed by atoms with Crippen LogP contribution in [0.2, 0.25) is 0 Å². The first-order chi connectivity index (χ1) is 8.15. The summed E-state index contributed by atoms with van der Waals surface area (Å²) in [6, 6.07) is 4.05. The lowest BCUT2D eigenvalue weighted by Gasteiger charge is -2.09. The zero-order valence-corrected chi connectivity index (χ0v) is 10.8. The van der Waals surface area contributed by atoms with Crippen molar-refractivity contribution in [3.63, 3.8) is 0 Å². The van der Waals surface area contributed by atoms with Gasteiger partial charge in [0.2, 0.25) is 0 Å². The first kappa shape index (κ1) is 11.8. The second-order valence-corrected chi connectivity index (χ2v) is 4.70. The summed E-state index contributed by atoms with van der Waals surface area (Å²) in [5, 5.41) is 2.62. The maximum absolute atomic E-state index is 10.6. The maximum atomic E-state index is 10.6. The van der Waals surface area contributed by atoms with E-state index in [1.165, 1.54) is 11.3 Å². The lowest BCUT2D eigenvalue weighted by Crippen LogP contribution is -1.92. The van der Waals surface area contributed by atoms with Crippen LogP contribution in [0.25, 0.3) is 10.6 Å². The highest BCUT2D eigenvalue weighted by atomic mass is 32.1. The molecule has 3 nitrogen and oxygen atoms in total. The van der Waals surface area contributed by atoms with Gasteiger partial charge in [-0.2, -0.15) is 0 Å². The Balaban J connectivity index is 2.49. The summed E-state index contributed by atoms with van der Waals surface area (Å²) in [6.45, 7) is 4.01. The fraction of sp³-hybridized carbons (Fsp3) is 0.231. The first-order valence-corrected chi connectivity index (χ1v) is 6.10. The van der Waals surface area contributed by atoms with Crippen molar-refractivity contribution in [1.29, 1.82) is 0 Å². The summed E-state index contributed by atoms with van der Waals surface area (Å²) in [7, 11) is 1.67. The molecule has 0 amide bonds. The number of carbonyl (C=O) groups is 1. The largest absolute Gasteiger partial charge is 0.496 e. The Morgan fingerprint density at radius 3 is 2.41 bits per heavy atom. The average molecular weight is 247 g/mol. The van der Waals surface area contributed by atoms with Gasteiger partial charge < -0.3 is 4.74 Å². The Morgan fingerprint density at radius 2 is 1.94 bits per heavy atom. The molecular formula is C13H13NO2S. The molecule has 0 spiro atoms. The summed E-state index contributed by atoms with van der Waals surface area (Å²) in [5.41, 5.74) is 3.66. The van der Waals surface area contributed by atoms with E-state index in [1.807, 2.05) is 26.0 Å². The fourth-order valence-electron chi connectivity index (χ4n) is 1.87. The lowest BCUT2D eigenvalue weighted by molar-refractivity contribution is 0.111. The first-order valence-electron chi connectivity index (χ1n) is 5.22. The molecule has 4 heteroatoms. The van der Waals surface area contributed by atoms with E-state index in [9.17, 15) is 4.79 Å². The Kier molecular flexibility index (Phi) is 3.24. The number of rotatable bonds is 3. The van der Waals surface area contributed by atoms with Crippen molar-refractivity contribution in [3.8, 4) is 16.3 Å². The summed E-state index contributed by atoms with van der Waals surface area (Å²) in [5.74, 6) is 0.904. The second-order valence-electron chi connectivity index (χ2n) is 3.84. The van der Waals surface area contributed by atoms with Gasteiger partial charge in [-0.3, -0.25) is 4.79 Å². The van der Waals surface area contributed by atoms with E-state index in [-0.39, 0.29) is 0 Å². The van der Waals surface area contributed by atoms with E-state index >= 15 is 0 Å². The molecule has 0 aliphatic heterocycles. The van der Waals surface area contributed by atoms with Gasteiger partial charge in [-0.25, -0.2) is 4.98 Å². The van der Waals surface area contributed by atoms with Crippen molar-refractivity contribution in [2.75, 3.05) is 7.11 Å². The van der Waals surface area contributed by atoms with Gasteiger partial charge in [0.25, 0.3) is 0 Å². The third-order valence-electron chi connectivity index (χ3n) is 2.55. The molecule has 0 aliphatic carbocycles. The highest BCUT2D eigenvalue weighted by molar-refractivity contribution is 7.13. The van der Waals surface area contributed by atoms with Crippen LogP contribution >= 0.6 is 11.3 Å². The zero-order chi connectivity index (χ0) is 12.4. The Labute approximate surface area is 104 Å². The lowest BCUT2D eigenvalue weighted by atomic mass is 10.1. The minimum Gasteiger partial charge on any atom is -0.496 e. The summed E-state index contributed by atoms with van der Waals surface area (Å²) >= 11 is 1.47. The highest BCUT2D eigenvalue weighted by Gasteiger charge is 2.09.